The molecule has 1 unspecified atom stereocenters. The molecule has 0 radical (unpaired) electrons. The van der Waals surface area contributed by atoms with Crippen LogP contribution in [0.1, 0.15) is 56.6 Å². The Kier molecular flexibility index (Phi) is 6.30. The molecule has 2 aromatic rings. The minimum atomic E-state index is -0.694. The van der Waals surface area contributed by atoms with Crippen molar-refractivity contribution < 1.29 is 23.5 Å². The minimum absolute atomic E-state index is 0.0283. The smallest absolute Gasteiger partial charge is 0.339 e. The predicted octanol–water partition coefficient (Wildman–Crippen LogP) is 3.29. The quantitative estimate of drug-likeness (QED) is 0.581. The van der Waals surface area contributed by atoms with Crippen molar-refractivity contribution in [2.75, 3.05) is 7.11 Å². The Morgan fingerprint density at radius 2 is 1.81 bits per heavy atom. The fourth-order valence-corrected chi connectivity index (χ4v) is 4.72. The first kappa shape index (κ1) is 21.4. The number of methoxy groups -OCH3 is 1. The molecule has 1 atom stereocenters. The Morgan fingerprint density at radius 1 is 1.10 bits per heavy atom. The first-order chi connectivity index (χ1) is 15.0. The van der Waals surface area contributed by atoms with Gasteiger partial charge in [0.05, 0.1) is 13.0 Å². The lowest BCUT2D eigenvalue weighted by atomic mass is 9.86. The van der Waals surface area contributed by atoms with Gasteiger partial charge in [-0.05, 0) is 76.0 Å². The monoisotopic (exact) mass is 427 g/mol. The third-order valence-corrected chi connectivity index (χ3v) is 6.49. The van der Waals surface area contributed by atoms with Gasteiger partial charge in [-0.1, -0.05) is 0 Å². The molecule has 1 saturated carbocycles. The summed E-state index contributed by atoms with van der Waals surface area (Å²) in [6.07, 6.45) is 5.94. The number of nitrogens with one attached hydrogen (secondary N) is 1. The van der Waals surface area contributed by atoms with E-state index in [2.05, 4.69) is 5.32 Å². The standard InChI is InChI=1S/C24H29NO6/c1-14(22(26)25-16-9-7-15(8-10-16)23(27)29-2)30-17-11-12-19-18-5-3-4-6-20(18)24(28)31-21(19)13-17/h11-16H,3-10H2,1-2H3,(H,25,26). The second kappa shape index (κ2) is 9.12. The summed E-state index contributed by atoms with van der Waals surface area (Å²) in [5, 5.41) is 3.96. The molecule has 1 heterocycles. The molecule has 2 aliphatic rings. The first-order valence-corrected chi connectivity index (χ1v) is 11.1. The Hall–Kier alpha value is -2.83. The van der Waals surface area contributed by atoms with Gasteiger partial charge in [0.2, 0.25) is 0 Å². The number of esters is 1. The zero-order chi connectivity index (χ0) is 22.0. The van der Waals surface area contributed by atoms with Crippen LogP contribution in [0.2, 0.25) is 0 Å². The third kappa shape index (κ3) is 4.60. The van der Waals surface area contributed by atoms with Crippen LogP contribution < -0.4 is 15.7 Å². The Morgan fingerprint density at radius 3 is 2.52 bits per heavy atom. The van der Waals surface area contributed by atoms with E-state index in [1.165, 1.54) is 7.11 Å². The van der Waals surface area contributed by atoms with Gasteiger partial charge in [-0.2, -0.15) is 0 Å². The summed E-state index contributed by atoms with van der Waals surface area (Å²) in [4.78, 5) is 36.6. The maximum absolute atomic E-state index is 12.6. The van der Waals surface area contributed by atoms with E-state index in [-0.39, 0.29) is 29.5 Å². The topological polar surface area (TPSA) is 94.8 Å². The number of hydrogen-bond acceptors (Lipinski definition) is 6. The van der Waals surface area contributed by atoms with Gasteiger partial charge in [-0.25, -0.2) is 4.79 Å². The molecule has 1 fully saturated rings. The highest BCUT2D eigenvalue weighted by atomic mass is 16.5. The van der Waals surface area contributed by atoms with Crippen molar-refractivity contribution in [2.24, 2.45) is 5.92 Å². The van der Waals surface area contributed by atoms with E-state index in [0.29, 0.717) is 24.2 Å². The number of amides is 1. The second-order valence-corrected chi connectivity index (χ2v) is 8.55. The van der Waals surface area contributed by atoms with Crippen LogP contribution in [0.15, 0.2) is 27.4 Å². The Labute approximate surface area is 181 Å². The van der Waals surface area contributed by atoms with Crippen LogP contribution >= 0.6 is 0 Å². The largest absolute Gasteiger partial charge is 0.481 e. The van der Waals surface area contributed by atoms with Crippen LogP contribution in [0.25, 0.3) is 11.0 Å². The molecule has 0 aliphatic heterocycles. The van der Waals surface area contributed by atoms with Gasteiger partial charge in [0.15, 0.2) is 6.10 Å². The van der Waals surface area contributed by atoms with E-state index < -0.39 is 6.10 Å². The fourth-order valence-electron chi connectivity index (χ4n) is 4.72. The van der Waals surface area contributed by atoms with Crippen molar-refractivity contribution in [1.29, 1.82) is 0 Å². The molecule has 0 saturated heterocycles. The van der Waals surface area contributed by atoms with E-state index in [1.807, 2.05) is 12.1 Å². The lowest BCUT2D eigenvalue weighted by Gasteiger charge is -2.28. The molecule has 1 amide bonds. The lowest BCUT2D eigenvalue weighted by molar-refractivity contribution is -0.146. The Balaban J connectivity index is 1.39. The fraction of sp³-hybridized carbons (Fsp3) is 0.542. The summed E-state index contributed by atoms with van der Waals surface area (Å²) < 4.78 is 16.2. The first-order valence-electron chi connectivity index (χ1n) is 11.1. The zero-order valence-electron chi connectivity index (χ0n) is 18.1. The van der Waals surface area contributed by atoms with Crippen molar-refractivity contribution in [2.45, 2.75) is 70.4 Å². The predicted molar refractivity (Wildman–Crippen MR) is 115 cm³/mol. The number of rotatable bonds is 5. The van der Waals surface area contributed by atoms with Crippen molar-refractivity contribution in [3.8, 4) is 5.75 Å². The molecule has 1 aromatic heterocycles. The molecule has 7 heteroatoms. The van der Waals surface area contributed by atoms with Gasteiger partial charge in [-0.3, -0.25) is 9.59 Å². The molecule has 0 spiro atoms. The normalized spacial score (nSPS) is 21.7. The highest BCUT2D eigenvalue weighted by molar-refractivity contribution is 5.84. The molecule has 4 rings (SSSR count). The van der Waals surface area contributed by atoms with Crippen molar-refractivity contribution in [3.63, 3.8) is 0 Å². The van der Waals surface area contributed by atoms with Crippen LogP contribution in [0.5, 0.6) is 5.75 Å². The van der Waals surface area contributed by atoms with Gasteiger partial charge in [-0.15, -0.1) is 0 Å². The maximum Gasteiger partial charge on any atom is 0.339 e. The summed E-state index contributed by atoms with van der Waals surface area (Å²) in [6.45, 7) is 1.70. The van der Waals surface area contributed by atoms with Gasteiger partial charge in [0, 0.05) is 23.1 Å². The highest BCUT2D eigenvalue weighted by Crippen LogP contribution is 2.29. The SMILES string of the molecule is COC(=O)C1CCC(NC(=O)C(C)Oc2ccc3c4c(c(=O)oc3c2)CCCC4)CC1. The van der Waals surface area contributed by atoms with Crippen molar-refractivity contribution in [1.82, 2.24) is 5.32 Å². The number of aryl methyl sites for hydroxylation is 1. The van der Waals surface area contributed by atoms with Gasteiger partial charge in [0.25, 0.3) is 5.91 Å². The number of carbonyl (C=O) groups excluding carboxylic acids is 2. The van der Waals surface area contributed by atoms with Crippen LogP contribution in [0, 0.1) is 5.92 Å². The van der Waals surface area contributed by atoms with Crippen LogP contribution in [-0.2, 0) is 27.2 Å². The average Bonchev–Trinajstić information content (AvgIpc) is 2.79. The molecular weight excluding hydrogens is 398 g/mol. The van der Waals surface area contributed by atoms with Gasteiger partial charge in [0.1, 0.15) is 11.3 Å². The highest BCUT2D eigenvalue weighted by Gasteiger charge is 2.29. The van der Waals surface area contributed by atoms with Crippen LogP contribution in [-0.4, -0.2) is 31.1 Å². The number of carbonyl (C=O) groups is 2. The van der Waals surface area contributed by atoms with Crippen LogP contribution in [0.4, 0.5) is 0 Å². The van der Waals surface area contributed by atoms with Crippen LogP contribution in [0.3, 0.4) is 0 Å². The summed E-state index contributed by atoms with van der Waals surface area (Å²) >= 11 is 0. The molecule has 1 N–H and O–H groups in total. The molecule has 2 aliphatic carbocycles. The van der Waals surface area contributed by atoms with Crippen molar-refractivity contribution >= 4 is 22.8 Å². The van der Waals surface area contributed by atoms with E-state index >= 15 is 0 Å². The molecule has 0 bridgehead atoms. The average molecular weight is 427 g/mol. The third-order valence-electron chi connectivity index (χ3n) is 6.49. The van der Waals surface area contributed by atoms with E-state index in [0.717, 1.165) is 55.0 Å². The lowest BCUT2D eigenvalue weighted by Crippen LogP contribution is -2.44. The number of fused-ring (bicyclic) bond motifs is 3. The Bertz CT molecular complexity index is 1030. The summed E-state index contributed by atoms with van der Waals surface area (Å²) in [5.74, 6) is 0.0347. The summed E-state index contributed by atoms with van der Waals surface area (Å²) in [6, 6.07) is 5.45. The maximum atomic E-state index is 12.6. The number of ether oxygens (including phenoxy) is 2. The second-order valence-electron chi connectivity index (χ2n) is 8.55. The van der Waals surface area contributed by atoms with Gasteiger partial charge >= 0.3 is 11.6 Å². The minimum Gasteiger partial charge on any atom is -0.481 e. The van der Waals surface area contributed by atoms with Gasteiger partial charge < -0.3 is 19.2 Å². The zero-order valence-corrected chi connectivity index (χ0v) is 18.1. The molecule has 166 valence electrons. The number of hydrogen-bond donors (Lipinski definition) is 1. The van der Waals surface area contributed by atoms with E-state index in [4.69, 9.17) is 13.9 Å². The number of benzene rings is 1. The van der Waals surface area contributed by atoms with Crippen molar-refractivity contribution in [3.05, 3.63) is 39.7 Å². The molecule has 7 nitrogen and oxygen atoms in total. The molecule has 31 heavy (non-hydrogen) atoms. The summed E-state index contributed by atoms with van der Waals surface area (Å²) in [5.41, 5.74) is 2.10. The summed E-state index contributed by atoms with van der Waals surface area (Å²) in [7, 11) is 1.40. The van der Waals surface area contributed by atoms with E-state index in [1.54, 1.807) is 13.0 Å². The van der Waals surface area contributed by atoms with E-state index in [9.17, 15) is 14.4 Å². The molecular formula is C24H29NO6. The molecule has 1 aromatic carbocycles.